The maximum Gasteiger partial charge on any atom is 0.331 e. The van der Waals surface area contributed by atoms with E-state index in [0.717, 1.165) is 32.2 Å². The van der Waals surface area contributed by atoms with Gasteiger partial charge in [0.1, 0.15) is 0 Å². The van der Waals surface area contributed by atoms with E-state index < -0.39 is 16.0 Å². The molecule has 0 aromatic rings. The van der Waals surface area contributed by atoms with Gasteiger partial charge in [-0.3, -0.25) is 4.57 Å². The molecule has 0 rings (SSSR count). The van der Waals surface area contributed by atoms with Crippen LogP contribution in [0, 0.1) is 0 Å². The van der Waals surface area contributed by atoms with Gasteiger partial charge in [0.2, 0.25) is 0 Å². The third-order valence-corrected chi connectivity index (χ3v) is 7.27. The molecule has 0 aromatic carbocycles. The van der Waals surface area contributed by atoms with Gasteiger partial charge in [0.15, 0.2) is 8.38 Å². The molecule has 0 amide bonds. The summed E-state index contributed by atoms with van der Waals surface area (Å²) in [6, 6.07) is 0. The van der Waals surface area contributed by atoms with E-state index in [4.69, 9.17) is 18.1 Å². The largest absolute Gasteiger partial charge is 0.334 e. The minimum absolute atomic E-state index is 0.401. The summed E-state index contributed by atoms with van der Waals surface area (Å²) in [6.45, 7) is 13.3. The maximum atomic E-state index is 12.7. The Kier molecular flexibility index (Phi) is 16.6. The smallest absolute Gasteiger partial charge is 0.331 e. The van der Waals surface area contributed by atoms with Crippen molar-refractivity contribution in [1.29, 1.82) is 0 Å². The van der Waals surface area contributed by atoms with E-state index in [0.29, 0.717) is 39.1 Å². The predicted molar refractivity (Wildman–Crippen MR) is 110 cm³/mol. The van der Waals surface area contributed by atoms with Crippen molar-refractivity contribution < 1.29 is 22.7 Å². The first-order chi connectivity index (χ1) is 12.4. The molecular formula is C17H40N2O5P2. The fraction of sp³-hybridized carbons (Fsp3) is 1.00. The van der Waals surface area contributed by atoms with E-state index in [1.54, 1.807) is 0 Å². The van der Waals surface area contributed by atoms with Gasteiger partial charge in [-0.2, -0.15) is 0 Å². The van der Waals surface area contributed by atoms with E-state index in [1.165, 1.54) is 0 Å². The Hall–Kier alpha value is 0.420. The predicted octanol–water partition coefficient (Wildman–Crippen LogP) is 3.89. The molecule has 0 saturated carbocycles. The van der Waals surface area contributed by atoms with Gasteiger partial charge in [0, 0.05) is 19.3 Å². The second-order valence-electron chi connectivity index (χ2n) is 6.06. The van der Waals surface area contributed by atoms with Crippen LogP contribution in [0.2, 0.25) is 0 Å². The van der Waals surface area contributed by atoms with Crippen LogP contribution in [0.15, 0.2) is 0 Å². The third-order valence-electron chi connectivity index (χ3n) is 3.57. The molecule has 0 aliphatic rings. The Bertz CT molecular complexity index is 359. The van der Waals surface area contributed by atoms with Gasteiger partial charge in [0.05, 0.1) is 32.6 Å². The summed E-state index contributed by atoms with van der Waals surface area (Å²) in [7, 11) is 0.288. The molecule has 0 atom stereocenters. The summed E-state index contributed by atoms with van der Waals surface area (Å²) >= 11 is 0. The highest BCUT2D eigenvalue weighted by molar-refractivity contribution is 7.53. The highest BCUT2D eigenvalue weighted by atomic mass is 31.2. The molecule has 7 nitrogen and oxygen atoms in total. The average molecular weight is 414 g/mol. The molecule has 0 aromatic heterocycles. The summed E-state index contributed by atoms with van der Waals surface area (Å²) in [5, 5.41) is 0. The van der Waals surface area contributed by atoms with Crippen LogP contribution in [0.3, 0.4) is 0 Å². The summed E-state index contributed by atoms with van der Waals surface area (Å²) < 4.78 is 35.0. The fourth-order valence-corrected chi connectivity index (χ4v) is 5.45. The molecule has 0 aliphatic heterocycles. The Morgan fingerprint density at radius 3 is 1.85 bits per heavy atom. The quantitative estimate of drug-likeness (QED) is 0.315. The molecule has 0 bridgehead atoms. The van der Waals surface area contributed by atoms with E-state index in [2.05, 4.69) is 23.9 Å². The lowest BCUT2D eigenvalue weighted by molar-refractivity contribution is 0.210. The van der Waals surface area contributed by atoms with Crippen molar-refractivity contribution in [3.63, 3.8) is 0 Å². The van der Waals surface area contributed by atoms with Crippen LogP contribution in [0.1, 0.15) is 34.1 Å². The van der Waals surface area contributed by atoms with Gasteiger partial charge < -0.3 is 27.9 Å². The summed E-state index contributed by atoms with van der Waals surface area (Å²) in [5.74, 6) is 0. The van der Waals surface area contributed by atoms with Gasteiger partial charge in [-0.1, -0.05) is 0 Å². The topological polar surface area (TPSA) is 60.5 Å². The molecule has 0 radical (unpaired) electrons. The molecule has 0 spiro atoms. The molecule has 0 unspecified atom stereocenters. The molecule has 158 valence electrons. The van der Waals surface area contributed by atoms with E-state index in [9.17, 15) is 4.57 Å². The molecule has 0 saturated heterocycles. The van der Waals surface area contributed by atoms with Gasteiger partial charge in [-0.05, 0) is 61.3 Å². The minimum Gasteiger partial charge on any atom is -0.334 e. The second kappa shape index (κ2) is 16.4. The van der Waals surface area contributed by atoms with Crippen molar-refractivity contribution in [2.45, 2.75) is 34.1 Å². The number of rotatable bonds is 18. The SMILES string of the molecule is CCOP(CCN(CCCN(C)C)CCP(=O)(OCC)OCC)OCC. The van der Waals surface area contributed by atoms with Gasteiger partial charge in [-0.15, -0.1) is 0 Å². The first-order valence-corrected chi connectivity index (χ1v) is 12.8. The number of hydrogen-bond donors (Lipinski definition) is 0. The lowest BCUT2D eigenvalue weighted by Crippen LogP contribution is -2.32. The molecule has 0 fully saturated rings. The van der Waals surface area contributed by atoms with Crippen molar-refractivity contribution >= 4 is 16.0 Å². The van der Waals surface area contributed by atoms with Crippen molar-refractivity contribution in [3.8, 4) is 0 Å². The molecular weight excluding hydrogens is 374 g/mol. The maximum absolute atomic E-state index is 12.7. The fourth-order valence-electron chi connectivity index (χ4n) is 2.45. The van der Waals surface area contributed by atoms with Gasteiger partial charge in [-0.25, -0.2) is 0 Å². The minimum atomic E-state index is -3.01. The molecule has 0 N–H and O–H groups in total. The van der Waals surface area contributed by atoms with Crippen LogP contribution < -0.4 is 0 Å². The lowest BCUT2D eigenvalue weighted by atomic mass is 10.3. The standard InChI is InChI=1S/C17H40N2O5P2/c1-7-21-25(22-8-2)16-14-19(13-11-12-18(5)6)15-17-26(20,23-9-3)24-10-4/h7-17H2,1-6H3. The van der Waals surface area contributed by atoms with E-state index in [-0.39, 0.29) is 0 Å². The van der Waals surface area contributed by atoms with Crippen LogP contribution in [-0.4, -0.2) is 88.8 Å². The van der Waals surface area contributed by atoms with Crippen LogP contribution in [0.4, 0.5) is 0 Å². The Morgan fingerprint density at radius 1 is 0.808 bits per heavy atom. The highest BCUT2D eigenvalue weighted by Crippen LogP contribution is 2.47. The van der Waals surface area contributed by atoms with E-state index in [1.807, 2.05) is 27.7 Å². The van der Waals surface area contributed by atoms with Crippen molar-refractivity contribution in [3.05, 3.63) is 0 Å². The van der Waals surface area contributed by atoms with Crippen LogP contribution >= 0.6 is 16.0 Å². The molecule has 26 heavy (non-hydrogen) atoms. The molecule has 0 aliphatic carbocycles. The van der Waals surface area contributed by atoms with Crippen molar-refractivity contribution in [2.24, 2.45) is 0 Å². The summed E-state index contributed by atoms with van der Waals surface area (Å²) in [5.41, 5.74) is 0. The summed E-state index contributed by atoms with van der Waals surface area (Å²) in [6.07, 6.45) is 2.33. The highest BCUT2D eigenvalue weighted by Gasteiger charge is 2.24. The Morgan fingerprint density at radius 2 is 1.38 bits per heavy atom. The first-order valence-electron chi connectivity index (χ1n) is 9.69. The zero-order valence-electron chi connectivity index (χ0n) is 17.6. The zero-order chi connectivity index (χ0) is 19.8. The lowest BCUT2D eigenvalue weighted by Gasteiger charge is -2.27. The Balaban J connectivity index is 4.67. The molecule has 0 heterocycles. The third kappa shape index (κ3) is 13.6. The van der Waals surface area contributed by atoms with Crippen molar-refractivity contribution in [1.82, 2.24) is 9.80 Å². The Labute approximate surface area is 162 Å². The normalized spacial score (nSPS) is 12.7. The monoisotopic (exact) mass is 414 g/mol. The van der Waals surface area contributed by atoms with Gasteiger partial charge in [0.25, 0.3) is 0 Å². The number of nitrogens with zero attached hydrogens (tertiary/aromatic N) is 2. The van der Waals surface area contributed by atoms with Gasteiger partial charge >= 0.3 is 7.60 Å². The van der Waals surface area contributed by atoms with Crippen LogP contribution in [0.5, 0.6) is 0 Å². The van der Waals surface area contributed by atoms with E-state index >= 15 is 0 Å². The average Bonchev–Trinajstić information content (AvgIpc) is 2.57. The summed E-state index contributed by atoms with van der Waals surface area (Å²) in [4.78, 5) is 4.50. The van der Waals surface area contributed by atoms with Crippen LogP contribution in [-0.2, 0) is 22.7 Å². The second-order valence-corrected chi connectivity index (χ2v) is 9.87. The first kappa shape index (κ1) is 26.4. The van der Waals surface area contributed by atoms with Crippen LogP contribution in [0.25, 0.3) is 0 Å². The molecule has 9 heteroatoms. The van der Waals surface area contributed by atoms with Crippen molar-refractivity contribution in [2.75, 3.05) is 79.0 Å². The number of hydrogen-bond acceptors (Lipinski definition) is 7. The zero-order valence-corrected chi connectivity index (χ0v) is 19.4.